The van der Waals surface area contributed by atoms with Gasteiger partial charge in [0, 0.05) is 6.20 Å². The number of hydrogen-bond donors (Lipinski definition) is 0. The Morgan fingerprint density at radius 2 is 1.63 bits per heavy atom. The number of carbonyl (C=O) groups is 3. The third-order valence-corrected chi connectivity index (χ3v) is 4.26. The molecular formula is C19H12ClN3O4. The lowest BCUT2D eigenvalue weighted by Gasteiger charge is -2.12. The van der Waals surface area contributed by atoms with Gasteiger partial charge in [-0.25, -0.2) is 4.79 Å². The first-order chi connectivity index (χ1) is 13.0. The van der Waals surface area contributed by atoms with E-state index in [0.29, 0.717) is 16.6 Å². The zero-order valence-electron chi connectivity index (χ0n) is 13.8. The Bertz CT molecular complexity index is 1020. The molecule has 1 aliphatic heterocycles. The smallest absolute Gasteiger partial charge is 0.324 e. The second-order valence-corrected chi connectivity index (χ2v) is 6.32. The van der Waals surface area contributed by atoms with E-state index < -0.39 is 17.8 Å². The number of fused-ring (bicyclic) bond motifs is 1. The van der Waals surface area contributed by atoms with Crippen molar-refractivity contribution in [2.45, 2.75) is 6.54 Å². The van der Waals surface area contributed by atoms with Gasteiger partial charge in [0.05, 0.1) is 34.5 Å². The van der Waals surface area contributed by atoms with Crippen LogP contribution in [0.3, 0.4) is 0 Å². The first kappa shape index (κ1) is 17.0. The molecule has 1 aromatic heterocycles. The molecule has 27 heavy (non-hydrogen) atoms. The van der Waals surface area contributed by atoms with Gasteiger partial charge in [-0.3, -0.25) is 14.3 Å². The van der Waals surface area contributed by atoms with Gasteiger partial charge in [0.2, 0.25) is 0 Å². The average molecular weight is 382 g/mol. The number of aromatic nitrogens is 2. The zero-order valence-corrected chi connectivity index (χ0v) is 14.6. The molecule has 2 amide bonds. The molecule has 0 saturated carbocycles. The Morgan fingerprint density at radius 3 is 2.19 bits per heavy atom. The fraction of sp³-hybridized carbons (Fsp3) is 0.0526. The Hall–Kier alpha value is -3.45. The lowest BCUT2D eigenvalue weighted by atomic mass is 10.1. The van der Waals surface area contributed by atoms with Crippen molar-refractivity contribution in [3.05, 3.63) is 88.2 Å². The molecule has 7 nitrogen and oxygen atoms in total. The quantitative estimate of drug-likeness (QED) is 0.649. The van der Waals surface area contributed by atoms with Crippen molar-refractivity contribution < 1.29 is 19.2 Å². The van der Waals surface area contributed by atoms with Crippen LogP contribution in [0.25, 0.3) is 0 Å². The van der Waals surface area contributed by atoms with E-state index >= 15 is 0 Å². The van der Waals surface area contributed by atoms with Crippen LogP contribution in [-0.4, -0.2) is 32.6 Å². The number of hydroxylamine groups is 2. The molecule has 1 aliphatic rings. The average Bonchev–Trinajstić information content (AvgIpc) is 3.19. The minimum atomic E-state index is -0.793. The van der Waals surface area contributed by atoms with Gasteiger partial charge in [-0.05, 0) is 29.8 Å². The fourth-order valence-electron chi connectivity index (χ4n) is 2.74. The fourth-order valence-corrected chi connectivity index (χ4v) is 2.90. The molecule has 0 spiro atoms. The number of rotatable bonds is 4. The van der Waals surface area contributed by atoms with Crippen LogP contribution in [0.1, 0.15) is 36.6 Å². The maximum absolute atomic E-state index is 12.3. The highest BCUT2D eigenvalue weighted by Gasteiger charge is 2.38. The molecule has 0 N–H and O–H groups in total. The van der Waals surface area contributed by atoms with E-state index in [9.17, 15) is 14.4 Å². The molecule has 2 heterocycles. The Morgan fingerprint density at radius 1 is 1.00 bits per heavy atom. The summed E-state index contributed by atoms with van der Waals surface area (Å²) in [6.07, 6.45) is 3.22. The molecule has 0 unspecified atom stereocenters. The van der Waals surface area contributed by atoms with Gasteiger partial charge < -0.3 is 4.84 Å². The number of benzene rings is 2. The molecule has 2 aromatic carbocycles. The molecule has 0 fully saturated rings. The number of nitrogens with zero attached hydrogens (tertiary/aromatic N) is 3. The number of carbonyl (C=O) groups excluding carboxylic acids is 3. The van der Waals surface area contributed by atoms with Crippen LogP contribution >= 0.6 is 11.6 Å². The summed E-state index contributed by atoms with van der Waals surface area (Å²) in [5, 5.41) is 5.12. The Labute approximate surface area is 158 Å². The summed E-state index contributed by atoms with van der Waals surface area (Å²) in [4.78, 5) is 41.8. The van der Waals surface area contributed by atoms with E-state index in [1.165, 1.54) is 18.3 Å². The monoisotopic (exact) mass is 381 g/mol. The number of imide groups is 1. The maximum Gasteiger partial charge on any atom is 0.363 e. The first-order valence-corrected chi connectivity index (χ1v) is 8.38. The second kappa shape index (κ2) is 6.69. The van der Waals surface area contributed by atoms with E-state index in [1.54, 1.807) is 47.3 Å². The SMILES string of the molecule is O=C(ON1C(=O)c2ccccc2C1=O)c1ccc(Cn2cc(Cl)cn2)cc1. The molecule has 0 bridgehead atoms. The summed E-state index contributed by atoms with van der Waals surface area (Å²) in [5.41, 5.74) is 1.54. The lowest BCUT2D eigenvalue weighted by Crippen LogP contribution is -2.32. The van der Waals surface area contributed by atoms with E-state index in [-0.39, 0.29) is 16.7 Å². The topological polar surface area (TPSA) is 81.5 Å². The largest absolute Gasteiger partial charge is 0.363 e. The Kier molecular flexibility index (Phi) is 4.21. The van der Waals surface area contributed by atoms with Gasteiger partial charge in [0.25, 0.3) is 11.8 Å². The van der Waals surface area contributed by atoms with Crippen molar-refractivity contribution in [1.82, 2.24) is 14.8 Å². The van der Waals surface area contributed by atoms with Gasteiger partial charge in [-0.1, -0.05) is 40.9 Å². The van der Waals surface area contributed by atoms with Crippen LogP contribution < -0.4 is 0 Å². The zero-order chi connectivity index (χ0) is 19.0. The molecule has 8 heteroatoms. The van der Waals surface area contributed by atoms with E-state index in [2.05, 4.69) is 5.10 Å². The predicted octanol–water partition coefficient (Wildman–Crippen LogP) is 2.95. The van der Waals surface area contributed by atoms with E-state index in [0.717, 1.165) is 5.56 Å². The van der Waals surface area contributed by atoms with Gasteiger partial charge in [-0.2, -0.15) is 5.10 Å². The van der Waals surface area contributed by atoms with Gasteiger partial charge in [0.15, 0.2) is 0 Å². The summed E-state index contributed by atoms with van der Waals surface area (Å²) >= 11 is 5.83. The predicted molar refractivity (Wildman–Crippen MR) is 95.1 cm³/mol. The van der Waals surface area contributed by atoms with Gasteiger partial charge >= 0.3 is 5.97 Å². The van der Waals surface area contributed by atoms with Crippen LogP contribution in [0.5, 0.6) is 0 Å². The van der Waals surface area contributed by atoms with Crippen LogP contribution in [0.2, 0.25) is 5.02 Å². The molecule has 0 saturated heterocycles. The van der Waals surface area contributed by atoms with Crippen LogP contribution in [0, 0.1) is 0 Å². The summed E-state index contributed by atoms with van der Waals surface area (Å²) in [6.45, 7) is 0.487. The second-order valence-electron chi connectivity index (χ2n) is 5.88. The molecule has 3 aromatic rings. The van der Waals surface area contributed by atoms with Crippen LogP contribution in [0.4, 0.5) is 0 Å². The molecular weight excluding hydrogens is 370 g/mol. The first-order valence-electron chi connectivity index (χ1n) is 8.00. The summed E-state index contributed by atoms with van der Waals surface area (Å²) < 4.78 is 1.66. The lowest BCUT2D eigenvalue weighted by molar-refractivity contribution is -0.0584. The van der Waals surface area contributed by atoms with Crippen molar-refractivity contribution in [1.29, 1.82) is 0 Å². The van der Waals surface area contributed by atoms with Crippen molar-refractivity contribution in [3.63, 3.8) is 0 Å². The number of amides is 2. The highest BCUT2D eigenvalue weighted by molar-refractivity contribution is 6.30. The van der Waals surface area contributed by atoms with Crippen molar-refractivity contribution in [3.8, 4) is 0 Å². The normalized spacial score (nSPS) is 13.0. The Balaban J connectivity index is 1.46. The van der Waals surface area contributed by atoms with Gasteiger partial charge in [-0.15, -0.1) is 0 Å². The summed E-state index contributed by atoms with van der Waals surface area (Å²) in [7, 11) is 0. The van der Waals surface area contributed by atoms with Crippen molar-refractivity contribution >= 4 is 29.4 Å². The molecule has 0 radical (unpaired) electrons. The maximum atomic E-state index is 12.3. The third kappa shape index (κ3) is 3.20. The molecule has 134 valence electrons. The van der Waals surface area contributed by atoms with Crippen molar-refractivity contribution in [2.75, 3.05) is 0 Å². The summed E-state index contributed by atoms with van der Waals surface area (Å²) in [5.74, 6) is -2.11. The van der Waals surface area contributed by atoms with E-state index in [4.69, 9.17) is 16.4 Å². The minimum Gasteiger partial charge on any atom is -0.324 e. The standard InChI is InChI=1S/C19H12ClN3O4/c20-14-9-21-22(11-14)10-12-5-7-13(8-6-12)19(26)27-23-17(24)15-3-1-2-4-16(15)18(23)25/h1-9,11H,10H2. The highest BCUT2D eigenvalue weighted by Crippen LogP contribution is 2.23. The summed E-state index contributed by atoms with van der Waals surface area (Å²) in [6, 6.07) is 12.9. The number of hydrogen-bond acceptors (Lipinski definition) is 5. The molecule has 4 rings (SSSR count). The van der Waals surface area contributed by atoms with Crippen LogP contribution in [-0.2, 0) is 11.4 Å². The van der Waals surface area contributed by atoms with Crippen molar-refractivity contribution in [2.24, 2.45) is 0 Å². The number of halogens is 1. The molecule has 0 atom stereocenters. The highest BCUT2D eigenvalue weighted by atomic mass is 35.5. The van der Waals surface area contributed by atoms with E-state index in [1.807, 2.05) is 0 Å². The third-order valence-electron chi connectivity index (χ3n) is 4.07. The van der Waals surface area contributed by atoms with Crippen LogP contribution in [0.15, 0.2) is 60.9 Å². The molecule has 0 aliphatic carbocycles. The van der Waals surface area contributed by atoms with Gasteiger partial charge in [0.1, 0.15) is 0 Å². The minimum absolute atomic E-state index is 0.212.